The molecule has 1 aliphatic carbocycles. The van der Waals surface area contributed by atoms with Crippen LogP contribution >= 0.6 is 11.6 Å². The van der Waals surface area contributed by atoms with Crippen LogP contribution in [0.15, 0.2) is 34.1 Å². The highest BCUT2D eigenvalue weighted by molar-refractivity contribution is 6.31. The van der Waals surface area contributed by atoms with Gasteiger partial charge in [0.2, 0.25) is 5.89 Å². The van der Waals surface area contributed by atoms with Gasteiger partial charge in [0, 0.05) is 31.1 Å². The number of halogens is 2. The molecule has 1 saturated heterocycles. The smallest absolute Gasteiger partial charge is 0.280 e. The molecule has 2 aliphatic rings. The van der Waals surface area contributed by atoms with Gasteiger partial charge in [0.1, 0.15) is 18.7 Å². The first kappa shape index (κ1) is 19.4. The van der Waals surface area contributed by atoms with Gasteiger partial charge in [-0.1, -0.05) is 16.8 Å². The van der Waals surface area contributed by atoms with Crippen LogP contribution in [0.1, 0.15) is 23.2 Å². The first-order chi connectivity index (χ1) is 15.4. The van der Waals surface area contributed by atoms with Crippen molar-refractivity contribution in [3.8, 4) is 0 Å². The highest BCUT2D eigenvalue weighted by Crippen LogP contribution is 2.58. The van der Waals surface area contributed by atoms with Gasteiger partial charge in [-0.15, -0.1) is 0 Å². The van der Waals surface area contributed by atoms with Crippen molar-refractivity contribution >= 4 is 28.5 Å². The maximum absolute atomic E-state index is 14.4. The number of nitrogens with zero attached hydrogens (tertiary/aromatic N) is 7. The van der Waals surface area contributed by atoms with Crippen LogP contribution in [0.3, 0.4) is 0 Å². The molecule has 11 heteroatoms. The minimum absolute atomic E-state index is 0.140. The normalized spacial score (nSPS) is 22.0. The summed E-state index contributed by atoms with van der Waals surface area (Å²) in [6.07, 6.45) is 2.99. The van der Waals surface area contributed by atoms with E-state index in [0.29, 0.717) is 45.4 Å². The number of aryl methyl sites for hydroxylation is 2. The molecule has 1 aromatic carbocycles. The van der Waals surface area contributed by atoms with Gasteiger partial charge in [-0.25, -0.2) is 14.4 Å². The summed E-state index contributed by atoms with van der Waals surface area (Å²) in [5, 5.41) is 4.71. The van der Waals surface area contributed by atoms with Gasteiger partial charge in [-0.3, -0.25) is 9.36 Å². The molecule has 3 aromatic heterocycles. The maximum atomic E-state index is 14.4. The number of piperidine rings is 1. The number of fused-ring (bicyclic) bond motifs is 2. The molecular weight excluding hydrogens is 437 g/mol. The summed E-state index contributed by atoms with van der Waals surface area (Å²) < 4.78 is 22.9. The number of hydrogen-bond donors (Lipinski definition) is 0. The lowest BCUT2D eigenvalue weighted by Crippen LogP contribution is -2.25. The zero-order valence-corrected chi connectivity index (χ0v) is 18.1. The number of hydrogen-bond acceptors (Lipinski definition) is 7. The quantitative estimate of drug-likeness (QED) is 0.466. The fourth-order valence-electron chi connectivity index (χ4n) is 4.78. The highest BCUT2D eigenvalue weighted by atomic mass is 35.5. The predicted molar refractivity (Wildman–Crippen MR) is 114 cm³/mol. The van der Waals surface area contributed by atoms with E-state index >= 15 is 0 Å². The Morgan fingerprint density at radius 3 is 2.75 bits per heavy atom. The van der Waals surface area contributed by atoms with Gasteiger partial charge in [0.25, 0.3) is 5.56 Å². The molecule has 0 bridgehead atoms. The molecule has 2 atom stereocenters. The summed E-state index contributed by atoms with van der Waals surface area (Å²) in [4.78, 5) is 27.5. The number of rotatable bonds is 4. The van der Waals surface area contributed by atoms with Gasteiger partial charge in [0.05, 0.1) is 12.0 Å². The van der Waals surface area contributed by atoms with Gasteiger partial charge in [0.15, 0.2) is 17.0 Å². The highest BCUT2D eigenvalue weighted by Gasteiger charge is 2.58. The second kappa shape index (κ2) is 6.86. The molecule has 9 nitrogen and oxygen atoms in total. The largest absolute Gasteiger partial charge is 0.369 e. The van der Waals surface area contributed by atoms with Crippen LogP contribution in [0.5, 0.6) is 0 Å². The number of benzene rings is 1. The lowest BCUT2D eigenvalue weighted by atomic mass is 10.2. The summed E-state index contributed by atoms with van der Waals surface area (Å²) in [5.41, 5.74) is 1.88. The molecule has 4 aromatic rings. The van der Waals surface area contributed by atoms with E-state index in [4.69, 9.17) is 16.1 Å². The molecule has 32 heavy (non-hydrogen) atoms. The number of anilines is 1. The Morgan fingerprint density at radius 2 is 1.97 bits per heavy atom. The third kappa shape index (κ3) is 2.93. The van der Waals surface area contributed by atoms with Crippen molar-refractivity contribution in [2.45, 2.75) is 19.4 Å². The van der Waals surface area contributed by atoms with Crippen molar-refractivity contribution < 1.29 is 8.91 Å². The lowest BCUT2D eigenvalue weighted by molar-refractivity contribution is 0.363. The Labute approximate surface area is 186 Å². The molecular formula is C21H19ClFN7O2. The van der Waals surface area contributed by atoms with E-state index in [1.165, 1.54) is 17.0 Å². The van der Waals surface area contributed by atoms with Gasteiger partial charge < -0.3 is 14.0 Å². The molecule has 1 aliphatic heterocycles. The third-order valence-electron chi connectivity index (χ3n) is 6.55. The topological polar surface area (TPSA) is 94.9 Å². The van der Waals surface area contributed by atoms with Crippen molar-refractivity contribution in [3.63, 3.8) is 0 Å². The minimum Gasteiger partial charge on any atom is -0.369 e. The van der Waals surface area contributed by atoms with E-state index < -0.39 is 0 Å². The van der Waals surface area contributed by atoms with Crippen molar-refractivity contribution in [2.24, 2.45) is 18.9 Å². The number of aromatic nitrogens is 6. The van der Waals surface area contributed by atoms with Crippen LogP contribution in [-0.2, 0) is 13.6 Å². The summed E-state index contributed by atoms with van der Waals surface area (Å²) in [7, 11) is 1.75. The van der Waals surface area contributed by atoms with E-state index in [9.17, 15) is 9.18 Å². The fraction of sp³-hybridized carbons (Fsp3) is 0.381. The monoisotopic (exact) mass is 455 g/mol. The fourth-order valence-corrected chi connectivity index (χ4v) is 4.94. The van der Waals surface area contributed by atoms with Crippen LogP contribution in [0, 0.1) is 24.6 Å². The first-order valence-electron chi connectivity index (χ1n) is 10.3. The molecule has 1 saturated carbocycles. The Hall–Kier alpha value is -3.27. The van der Waals surface area contributed by atoms with Crippen molar-refractivity contribution in [3.05, 3.63) is 63.3 Å². The van der Waals surface area contributed by atoms with Crippen molar-refractivity contribution in [2.75, 3.05) is 18.0 Å². The maximum Gasteiger partial charge on any atom is 0.280 e. The van der Waals surface area contributed by atoms with E-state index in [1.807, 2.05) is 4.90 Å². The lowest BCUT2D eigenvalue weighted by Gasteiger charge is -2.22. The van der Waals surface area contributed by atoms with E-state index in [0.717, 1.165) is 18.7 Å². The minimum atomic E-state index is -0.254. The van der Waals surface area contributed by atoms with E-state index in [-0.39, 0.29) is 23.8 Å². The molecule has 0 amide bonds. The molecule has 6 rings (SSSR count). The third-order valence-corrected chi connectivity index (χ3v) is 6.96. The number of imidazole rings is 1. The zero-order chi connectivity index (χ0) is 22.1. The standard InChI is InChI=1S/C21H19ClFN7O2/c1-10-3-14(23)15(4-13(10)22)29-5-11-12(6-29)17(11)19-26-16(32-27-19)7-30-9-25-20-18(21(30)31)28(2)8-24-20/h3-4,8-9,11-12,17H,5-7H2,1-2H3. The van der Waals surface area contributed by atoms with E-state index in [1.54, 1.807) is 30.9 Å². The van der Waals surface area contributed by atoms with Crippen LogP contribution < -0.4 is 10.5 Å². The van der Waals surface area contributed by atoms with Crippen LogP contribution in [0.4, 0.5) is 10.1 Å². The van der Waals surface area contributed by atoms with Crippen molar-refractivity contribution in [1.82, 2.24) is 29.2 Å². The van der Waals surface area contributed by atoms with Gasteiger partial charge >= 0.3 is 0 Å². The van der Waals surface area contributed by atoms with Crippen LogP contribution in [0.25, 0.3) is 11.2 Å². The molecule has 164 valence electrons. The average Bonchev–Trinajstić information content (AvgIpc) is 3.18. The zero-order valence-electron chi connectivity index (χ0n) is 17.4. The molecule has 4 heterocycles. The Balaban J connectivity index is 1.17. The second-order valence-electron chi connectivity index (χ2n) is 8.56. The second-order valence-corrected chi connectivity index (χ2v) is 8.97. The summed E-state index contributed by atoms with van der Waals surface area (Å²) in [6, 6.07) is 3.17. The van der Waals surface area contributed by atoms with Crippen LogP contribution in [0.2, 0.25) is 5.02 Å². The molecule has 2 fully saturated rings. The van der Waals surface area contributed by atoms with Crippen molar-refractivity contribution in [1.29, 1.82) is 0 Å². The summed E-state index contributed by atoms with van der Waals surface area (Å²) in [5.74, 6) is 1.60. The summed E-state index contributed by atoms with van der Waals surface area (Å²) >= 11 is 6.19. The first-order valence-corrected chi connectivity index (χ1v) is 10.7. The molecule has 0 spiro atoms. The Bertz CT molecular complexity index is 1420. The Kier molecular flexibility index (Phi) is 4.16. The van der Waals surface area contributed by atoms with Crippen LogP contribution in [-0.4, -0.2) is 42.3 Å². The van der Waals surface area contributed by atoms with E-state index in [2.05, 4.69) is 20.1 Å². The SMILES string of the molecule is Cc1cc(F)c(N2CC3C(C2)C3c2noc(Cn3cnc4ncn(C)c4c3=O)n2)cc1Cl. The molecule has 0 N–H and O–H groups in total. The van der Waals surface area contributed by atoms with Gasteiger partial charge in [-0.05, 0) is 36.5 Å². The molecule has 2 unspecified atom stereocenters. The average molecular weight is 456 g/mol. The Morgan fingerprint density at radius 1 is 1.22 bits per heavy atom. The summed E-state index contributed by atoms with van der Waals surface area (Å²) in [6.45, 7) is 3.37. The molecule has 0 radical (unpaired) electrons. The predicted octanol–water partition coefficient (Wildman–Crippen LogP) is 2.51. The van der Waals surface area contributed by atoms with Gasteiger partial charge in [-0.2, -0.15) is 4.98 Å².